The highest BCUT2D eigenvalue weighted by Gasteiger charge is 2.47. The number of hydrogen-bond acceptors (Lipinski definition) is 6. The summed E-state index contributed by atoms with van der Waals surface area (Å²) in [5.74, 6) is 0.110. The Morgan fingerprint density at radius 1 is 1.03 bits per heavy atom. The maximum Gasteiger partial charge on any atom is 0.295 e. The number of Topliss-reactive ketones (excluding diaryl/α,β-unsaturated/α-hetero) is 1. The Balaban J connectivity index is 2.28. The lowest BCUT2D eigenvalue weighted by Gasteiger charge is -2.27. The molecule has 0 spiro atoms. The SMILES string of the molecule is CCCN1C(=O)C(=O)/C(=C(/O)c2ccc(OC)c(C(C)C)c2)C1c1cccc(OC)c1OC. The Morgan fingerprint density at radius 2 is 1.73 bits per heavy atom. The van der Waals surface area contributed by atoms with Crippen LogP contribution in [0.2, 0.25) is 0 Å². The van der Waals surface area contributed by atoms with Crippen molar-refractivity contribution >= 4 is 17.4 Å². The predicted molar refractivity (Wildman–Crippen MR) is 126 cm³/mol. The fourth-order valence-electron chi connectivity index (χ4n) is 4.29. The van der Waals surface area contributed by atoms with Gasteiger partial charge in [0.25, 0.3) is 11.7 Å². The largest absolute Gasteiger partial charge is 0.507 e. The normalized spacial score (nSPS) is 17.5. The number of amides is 1. The molecule has 1 N–H and O–H groups in total. The molecule has 1 atom stereocenters. The molecule has 33 heavy (non-hydrogen) atoms. The van der Waals surface area contributed by atoms with Crippen LogP contribution in [-0.2, 0) is 9.59 Å². The van der Waals surface area contributed by atoms with Crippen LogP contribution in [0.15, 0.2) is 42.0 Å². The smallest absolute Gasteiger partial charge is 0.295 e. The van der Waals surface area contributed by atoms with Crippen molar-refractivity contribution in [2.45, 2.75) is 39.2 Å². The molecular weight excluding hydrogens is 422 g/mol. The van der Waals surface area contributed by atoms with Gasteiger partial charge in [-0.3, -0.25) is 9.59 Å². The molecule has 1 amide bonds. The number of carbonyl (C=O) groups excluding carboxylic acids is 2. The zero-order chi connectivity index (χ0) is 24.3. The van der Waals surface area contributed by atoms with Gasteiger partial charge in [-0.05, 0) is 42.2 Å². The van der Waals surface area contributed by atoms with Crippen LogP contribution in [0, 0.1) is 0 Å². The molecule has 1 aliphatic heterocycles. The number of aliphatic hydroxyl groups excluding tert-OH is 1. The third-order valence-corrected chi connectivity index (χ3v) is 5.86. The van der Waals surface area contributed by atoms with Gasteiger partial charge in [0.05, 0.1) is 32.9 Å². The van der Waals surface area contributed by atoms with Crippen LogP contribution in [0.3, 0.4) is 0 Å². The number of aliphatic hydroxyl groups is 1. The van der Waals surface area contributed by atoms with Gasteiger partial charge in [0, 0.05) is 17.7 Å². The standard InChI is InChI=1S/C26H31NO6/c1-7-13-27-22(17-9-8-10-20(32-5)25(17)33-6)21(24(29)26(27)30)23(28)16-11-12-19(31-4)18(14-16)15(2)3/h8-12,14-15,22,28H,7,13H2,1-6H3/b23-21+. The second-order valence-corrected chi connectivity index (χ2v) is 8.19. The number of hydrogen-bond donors (Lipinski definition) is 1. The molecule has 3 rings (SSSR count). The van der Waals surface area contributed by atoms with Crippen LogP contribution in [0.1, 0.15) is 55.8 Å². The summed E-state index contributed by atoms with van der Waals surface area (Å²) >= 11 is 0. The summed E-state index contributed by atoms with van der Waals surface area (Å²) in [7, 11) is 4.62. The maximum atomic E-state index is 13.2. The van der Waals surface area contributed by atoms with Gasteiger partial charge in [-0.2, -0.15) is 0 Å². The van der Waals surface area contributed by atoms with Crippen molar-refractivity contribution < 1.29 is 28.9 Å². The highest BCUT2D eigenvalue weighted by atomic mass is 16.5. The van der Waals surface area contributed by atoms with Crippen LogP contribution < -0.4 is 14.2 Å². The number of para-hydroxylation sites is 1. The zero-order valence-electron chi connectivity index (χ0n) is 20.0. The van der Waals surface area contributed by atoms with Crippen molar-refractivity contribution in [3.63, 3.8) is 0 Å². The summed E-state index contributed by atoms with van der Waals surface area (Å²) in [6, 6.07) is 9.73. The number of likely N-dealkylation sites (tertiary alicyclic amines) is 1. The van der Waals surface area contributed by atoms with E-state index in [1.807, 2.05) is 20.8 Å². The predicted octanol–water partition coefficient (Wildman–Crippen LogP) is 4.67. The second-order valence-electron chi connectivity index (χ2n) is 8.19. The topological polar surface area (TPSA) is 85.3 Å². The molecule has 1 aliphatic rings. The zero-order valence-corrected chi connectivity index (χ0v) is 20.0. The van der Waals surface area contributed by atoms with E-state index < -0.39 is 17.7 Å². The van der Waals surface area contributed by atoms with Crippen LogP contribution in [0.5, 0.6) is 17.2 Å². The number of benzene rings is 2. The first-order valence-electron chi connectivity index (χ1n) is 11.0. The Hall–Kier alpha value is -3.48. The van der Waals surface area contributed by atoms with E-state index in [4.69, 9.17) is 14.2 Å². The van der Waals surface area contributed by atoms with E-state index in [0.29, 0.717) is 41.3 Å². The summed E-state index contributed by atoms with van der Waals surface area (Å²) in [6.45, 7) is 6.32. The molecule has 1 unspecified atom stereocenters. The fraction of sp³-hybridized carbons (Fsp3) is 0.385. The van der Waals surface area contributed by atoms with Gasteiger partial charge in [0.2, 0.25) is 0 Å². The summed E-state index contributed by atoms with van der Waals surface area (Å²) in [5.41, 5.74) is 1.93. The Labute approximate surface area is 194 Å². The van der Waals surface area contributed by atoms with Gasteiger partial charge in [0.1, 0.15) is 11.5 Å². The molecule has 0 radical (unpaired) electrons. The van der Waals surface area contributed by atoms with Gasteiger partial charge in [-0.1, -0.05) is 32.9 Å². The first kappa shape index (κ1) is 24.2. The van der Waals surface area contributed by atoms with Crippen molar-refractivity contribution in [1.29, 1.82) is 0 Å². The van der Waals surface area contributed by atoms with Crippen molar-refractivity contribution in [1.82, 2.24) is 4.90 Å². The van der Waals surface area contributed by atoms with Crippen molar-refractivity contribution in [3.8, 4) is 17.2 Å². The van der Waals surface area contributed by atoms with Crippen molar-refractivity contribution in [2.75, 3.05) is 27.9 Å². The number of methoxy groups -OCH3 is 3. The molecule has 1 heterocycles. The van der Waals surface area contributed by atoms with Gasteiger partial charge < -0.3 is 24.2 Å². The van der Waals surface area contributed by atoms with Gasteiger partial charge in [0.15, 0.2) is 11.5 Å². The molecule has 2 aromatic rings. The molecule has 176 valence electrons. The first-order chi connectivity index (χ1) is 15.8. The van der Waals surface area contributed by atoms with Crippen LogP contribution in [0.4, 0.5) is 0 Å². The fourth-order valence-corrected chi connectivity index (χ4v) is 4.29. The second kappa shape index (κ2) is 9.98. The van der Waals surface area contributed by atoms with E-state index in [2.05, 4.69) is 0 Å². The van der Waals surface area contributed by atoms with E-state index in [9.17, 15) is 14.7 Å². The highest BCUT2D eigenvalue weighted by Crippen LogP contribution is 2.45. The molecule has 0 bridgehead atoms. The Bertz CT molecular complexity index is 1090. The first-order valence-corrected chi connectivity index (χ1v) is 11.0. The van der Waals surface area contributed by atoms with Crippen LogP contribution in [0.25, 0.3) is 5.76 Å². The molecule has 1 saturated heterocycles. The summed E-state index contributed by atoms with van der Waals surface area (Å²) in [5, 5.41) is 11.4. The third-order valence-electron chi connectivity index (χ3n) is 5.86. The summed E-state index contributed by atoms with van der Waals surface area (Å²) < 4.78 is 16.5. The maximum absolute atomic E-state index is 13.2. The van der Waals surface area contributed by atoms with E-state index in [0.717, 1.165) is 5.56 Å². The lowest BCUT2D eigenvalue weighted by molar-refractivity contribution is -0.139. The Morgan fingerprint density at radius 3 is 2.30 bits per heavy atom. The highest BCUT2D eigenvalue weighted by molar-refractivity contribution is 6.46. The summed E-state index contributed by atoms with van der Waals surface area (Å²) in [6.07, 6.45) is 0.649. The molecule has 1 fully saturated rings. The van der Waals surface area contributed by atoms with Gasteiger partial charge in [-0.15, -0.1) is 0 Å². The average Bonchev–Trinajstić information content (AvgIpc) is 3.07. The summed E-state index contributed by atoms with van der Waals surface area (Å²) in [4.78, 5) is 27.7. The van der Waals surface area contributed by atoms with Crippen LogP contribution in [-0.4, -0.2) is 49.6 Å². The third kappa shape index (κ3) is 4.27. The number of ether oxygens (including phenoxy) is 3. The molecule has 7 heteroatoms. The van der Waals surface area contributed by atoms with Gasteiger partial charge in [-0.25, -0.2) is 0 Å². The molecular formula is C26H31NO6. The average molecular weight is 454 g/mol. The molecule has 0 aromatic heterocycles. The van der Waals surface area contributed by atoms with Crippen LogP contribution >= 0.6 is 0 Å². The number of rotatable bonds is 8. The minimum atomic E-state index is -0.806. The lowest BCUT2D eigenvalue weighted by atomic mass is 9.92. The number of nitrogens with zero attached hydrogens (tertiary/aromatic N) is 1. The minimum Gasteiger partial charge on any atom is -0.507 e. The van der Waals surface area contributed by atoms with Gasteiger partial charge >= 0.3 is 0 Å². The van der Waals surface area contributed by atoms with E-state index in [-0.39, 0.29) is 17.3 Å². The molecule has 2 aromatic carbocycles. The van der Waals surface area contributed by atoms with Crippen molar-refractivity contribution in [3.05, 3.63) is 58.7 Å². The Kier molecular flexibility index (Phi) is 7.31. The van der Waals surface area contributed by atoms with E-state index in [1.54, 1.807) is 43.5 Å². The minimum absolute atomic E-state index is 0.0277. The molecule has 0 aliphatic carbocycles. The number of carbonyl (C=O) groups is 2. The van der Waals surface area contributed by atoms with E-state index in [1.165, 1.54) is 19.1 Å². The molecule has 7 nitrogen and oxygen atoms in total. The van der Waals surface area contributed by atoms with Crippen molar-refractivity contribution in [2.24, 2.45) is 0 Å². The molecule has 0 saturated carbocycles. The lowest BCUT2D eigenvalue weighted by Crippen LogP contribution is -2.30. The van der Waals surface area contributed by atoms with E-state index >= 15 is 0 Å². The monoisotopic (exact) mass is 453 g/mol. The number of ketones is 1. The quantitative estimate of drug-likeness (QED) is 0.355.